The average Bonchev–Trinajstić information content (AvgIpc) is 2.95. The van der Waals surface area contributed by atoms with Crippen molar-refractivity contribution in [1.82, 2.24) is 15.1 Å². The van der Waals surface area contributed by atoms with Crippen molar-refractivity contribution in [1.29, 1.82) is 0 Å². The number of rotatable bonds is 3. The van der Waals surface area contributed by atoms with Crippen LogP contribution in [0.25, 0.3) is 0 Å². The van der Waals surface area contributed by atoms with Gasteiger partial charge >= 0.3 is 0 Å². The van der Waals surface area contributed by atoms with Crippen LogP contribution in [0.3, 0.4) is 0 Å². The normalized spacial score (nSPS) is 27.4. The maximum absolute atomic E-state index is 12.6. The third-order valence-electron chi connectivity index (χ3n) is 5.90. The molecule has 1 aromatic carbocycles. The average molecular weight is 371 g/mol. The first-order valence-electron chi connectivity index (χ1n) is 9.65. The Morgan fingerprint density at radius 2 is 1.81 bits per heavy atom. The lowest BCUT2D eigenvalue weighted by Gasteiger charge is -2.45. The summed E-state index contributed by atoms with van der Waals surface area (Å²) in [5.41, 5.74) is 0.551. The molecule has 0 aliphatic carbocycles. The molecule has 3 amide bonds. The van der Waals surface area contributed by atoms with E-state index in [1.54, 1.807) is 6.92 Å². The minimum Gasteiger partial charge on any atom is -0.349 e. The van der Waals surface area contributed by atoms with E-state index in [4.69, 9.17) is 0 Å². The first-order valence-corrected chi connectivity index (χ1v) is 9.65. The summed E-state index contributed by atoms with van der Waals surface area (Å²) >= 11 is 0. The van der Waals surface area contributed by atoms with Gasteiger partial charge in [0, 0.05) is 45.3 Å². The summed E-state index contributed by atoms with van der Waals surface area (Å²) in [6.07, 6.45) is 0.656. The van der Waals surface area contributed by atoms with Crippen LogP contribution in [0.5, 0.6) is 0 Å². The van der Waals surface area contributed by atoms with E-state index < -0.39 is 5.54 Å². The summed E-state index contributed by atoms with van der Waals surface area (Å²) in [5.74, 6) is -0.0898. The minimum absolute atomic E-state index is 0.00952. The molecule has 2 aliphatic heterocycles. The highest BCUT2D eigenvalue weighted by molar-refractivity contribution is 5.79. The van der Waals surface area contributed by atoms with E-state index >= 15 is 0 Å². The lowest BCUT2D eigenvalue weighted by Crippen LogP contribution is -2.62. The number of hydrogen-bond donors (Lipinski definition) is 1. The molecule has 0 bridgehead atoms. The molecule has 6 heteroatoms. The first-order chi connectivity index (χ1) is 12.7. The van der Waals surface area contributed by atoms with E-state index in [1.807, 2.05) is 54.0 Å². The van der Waals surface area contributed by atoms with Crippen LogP contribution >= 0.6 is 0 Å². The predicted molar refractivity (Wildman–Crippen MR) is 103 cm³/mol. The molecule has 3 atom stereocenters. The molecule has 1 N–H and O–H groups in total. The Morgan fingerprint density at radius 1 is 1.15 bits per heavy atom. The van der Waals surface area contributed by atoms with Crippen LogP contribution in [-0.4, -0.2) is 52.7 Å². The molecule has 0 radical (unpaired) electrons. The smallest absolute Gasteiger partial charge is 0.225 e. The van der Waals surface area contributed by atoms with Gasteiger partial charge in [0.1, 0.15) is 0 Å². The summed E-state index contributed by atoms with van der Waals surface area (Å²) < 4.78 is 0. The molecule has 0 unspecified atom stereocenters. The summed E-state index contributed by atoms with van der Waals surface area (Å²) in [6, 6.07) is 9.77. The Morgan fingerprint density at radius 3 is 2.37 bits per heavy atom. The summed E-state index contributed by atoms with van der Waals surface area (Å²) in [7, 11) is 0. The third-order valence-corrected chi connectivity index (χ3v) is 5.90. The highest BCUT2D eigenvalue weighted by atomic mass is 16.2. The zero-order valence-electron chi connectivity index (χ0n) is 16.6. The SMILES string of the molecule is CC(=O)N[C@@]12CCN(C(=O)C(C)C)C[C@@H]1[C@@H](c1ccccc1)N(C(C)=O)C2. The van der Waals surface area contributed by atoms with Crippen LogP contribution < -0.4 is 5.32 Å². The highest BCUT2D eigenvalue weighted by Gasteiger charge is 2.57. The standard InChI is InChI=1S/C21H29N3O3/c1-14(2)20(27)23-11-10-21(22-15(3)25)13-24(16(4)26)19(18(21)12-23)17-8-6-5-7-9-17/h5-9,14,18-19H,10-13H2,1-4H3,(H,22,25)/t18-,19-,21-/m1/s1. The monoisotopic (exact) mass is 371 g/mol. The van der Waals surface area contributed by atoms with Gasteiger partial charge in [-0.3, -0.25) is 14.4 Å². The van der Waals surface area contributed by atoms with E-state index in [1.165, 1.54) is 6.92 Å². The summed E-state index contributed by atoms with van der Waals surface area (Å²) in [6.45, 7) is 8.53. The van der Waals surface area contributed by atoms with Crippen LogP contribution in [0.1, 0.15) is 45.7 Å². The van der Waals surface area contributed by atoms with Gasteiger partial charge in [0.15, 0.2) is 0 Å². The van der Waals surface area contributed by atoms with Gasteiger partial charge in [-0.2, -0.15) is 0 Å². The molecule has 2 saturated heterocycles. The van der Waals surface area contributed by atoms with Gasteiger partial charge in [0.2, 0.25) is 17.7 Å². The van der Waals surface area contributed by atoms with Crippen molar-refractivity contribution in [3.05, 3.63) is 35.9 Å². The lowest BCUT2D eigenvalue weighted by molar-refractivity contribution is -0.137. The number of carbonyl (C=O) groups is 3. The number of hydrogen-bond acceptors (Lipinski definition) is 3. The molecule has 0 aromatic heterocycles. The second-order valence-electron chi connectivity index (χ2n) is 8.14. The predicted octanol–water partition coefficient (Wildman–Crippen LogP) is 1.97. The number of fused-ring (bicyclic) bond motifs is 1. The Kier molecular flexibility index (Phi) is 5.27. The topological polar surface area (TPSA) is 69.7 Å². The van der Waals surface area contributed by atoms with Crippen molar-refractivity contribution in [2.75, 3.05) is 19.6 Å². The van der Waals surface area contributed by atoms with Gasteiger partial charge < -0.3 is 15.1 Å². The Bertz CT molecular complexity index is 733. The van der Waals surface area contributed by atoms with Crippen LogP contribution in [0.2, 0.25) is 0 Å². The van der Waals surface area contributed by atoms with Crippen molar-refractivity contribution in [3.63, 3.8) is 0 Å². The van der Waals surface area contributed by atoms with Crippen molar-refractivity contribution in [2.45, 2.75) is 45.7 Å². The van der Waals surface area contributed by atoms with Crippen LogP contribution in [0.4, 0.5) is 0 Å². The van der Waals surface area contributed by atoms with Crippen LogP contribution in [-0.2, 0) is 14.4 Å². The van der Waals surface area contributed by atoms with Crippen LogP contribution in [0.15, 0.2) is 30.3 Å². The van der Waals surface area contributed by atoms with E-state index in [9.17, 15) is 14.4 Å². The maximum atomic E-state index is 12.6. The maximum Gasteiger partial charge on any atom is 0.225 e. The lowest BCUT2D eigenvalue weighted by atomic mass is 9.75. The van der Waals surface area contributed by atoms with E-state index in [2.05, 4.69) is 5.32 Å². The largest absolute Gasteiger partial charge is 0.349 e. The zero-order chi connectivity index (χ0) is 19.8. The number of piperidine rings is 1. The molecule has 3 rings (SSSR count). The number of carbonyl (C=O) groups excluding carboxylic acids is 3. The summed E-state index contributed by atoms with van der Waals surface area (Å²) in [4.78, 5) is 40.8. The second kappa shape index (κ2) is 7.33. The van der Waals surface area contributed by atoms with Gasteiger partial charge in [-0.1, -0.05) is 44.2 Å². The fraction of sp³-hybridized carbons (Fsp3) is 0.571. The zero-order valence-corrected chi connectivity index (χ0v) is 16.6. The molecule has 0 saturated carbocycles. The molecule has 27 heavy (non-hydrogen) atoms. The van der Waals surface area contributed by atoms with E-state index in [0.717, 1.165) is 5.56 Å². The Labute approximate surface area is 160 Å². The molecule has 0 spiro atoms. The summed E-state index contributed by atoms with van der Waals surface area (Å²) in [5, 5.41) is 3.16. The van der Waals surface area contributed by atoms with Gasteiger partial charge in [-0.05, 0) is 12.0 Å². The minimum atomic E-state index is -0.494. The van der Waals surface area contributed by atoms with Crippen molar-refractivity contribution >= 4 is 17.7 Å². The first kappa shape index (κ1) is 19.4. The number of likely N-dealkylation sites (tertiary alicyclic amines) is 2. The number of amides is 3. The molecular weight excluding hydrogens is 342 g/mol. The molecule has 2 aliphatic rings. The van der Waals surface area contributed by atoms with Gasteiger partial charge in [-0.15, -0.1) is 0 Å². The molecule has 2 heterocycles. The van der Waals surface area contributed by atoms with E-state index in [-0.39, 0.29) is 35.6 Å². The molecule has 6 nitrogen and oxygen atoms in total. The van der Waals surface area contributed by atoms with Gasteiger partial charge in [-0.25, -0.2) is 0 Å². The highest BCUT2D eigenvalue weighted by Crippen LogP contribution is 2.47. The number of nitrogens with zero attached hydrogens (tertiary/aromatic N) is 2. The molecule has 2 fully saturated rings. The molecule has 1 aromatic rings. The van der Waals surface area contributed by atoms with Crippen molar-refractivity contribution in [2.24, 2.45) is 11.8 Å². The molecule has 146 valence electrons. The fourth-order valence-electron chi connectivity index (χ4n) is 4.72. The van der Waals surface area contributed by atoms with Crippen molar-refractivity contribution in [3.8, 4) is 0 Å². The second-order valence-corrected chi connectivity index (χ2v) is 8.14. The van der Waals surface area contributed by atoms with Crippen LogP contribution in [0, 0.1) is 11.8 Å². The Balaban J connectivity index is 2.03. The van der Waals surface area contributed by atoms with Crippen molar-refractivity contribution < 1.29 is 14.4 Å². The molecular formula is C21H29N3O3. The third kappa shape index (κ3) is 3.57. The fourth-order valence-corrected chi connectivity index (χ4v) is 4.72. The van der Waals surface area contributed by atoms with Gasteiger partial charge in [0.05, 0.1) is 11.6 Å². The quantitative estimate of drug-likeness (QED) is 0.883. The van der Waals surface area contributed by atoms with Gasteiger partial charge in [0.25, 0.3) is 0 Å². The number of benzene rings is 1. The van der Waals surface area contributed by atoms with E-state index in [0.29, 0.717) is 26.1 Å². The Hall–Kier alpha value is -2.37. The number of nitrogens with one attached hydrogen (secondary N) is 1.